The first-order valence-electron chi connectivity index (χ1n) is 7.76. The van der Waals surface area contributed by atoms with Crippen molar-refractivity contribution in [3.63, 3.8) is 0 Å². The molecule has 1 amide bonds. The van der Waals surface area contributed by atoms with E-state index in [1.807, 2.05) is 13.8 Å². The van der Waals surface area contributed by atoms with Gasteiger partial charge in [-0.05, 0) is 38.3 Å². The zero-order chi connectivity index (χ0) is 15.8. The van der Waals surface area contributed by atoms with Crippen molar-refractivity contribution in [2.45, 2.75) is 53.0 Å². The van der Waals surface area contributed by atoms with Gasteiger partial charge in [-0.1, -0.05) is 26.7 Å². The Bertz CT molecular complexity index is 458. The number of hydrogen-bond donors (Lipinski definition) is 2. The fraction of sp³-hybridized carbons (Fsp3) is 0.588. The molecule has 21 heavy (non-hydrogen) atoms. The maximum atomic E-state index is 12.2. The molecule has 4 heteroatoms. The van der Waals surface area contributed by atoms with E-state index in [2.05, 4.69) is 19.2 Å². The third-order valence-electron chi connectivity index (χ3n) is 3.30. The number of ether oxygens (including phenoxy) is 1. The number of nitrogens with two attached hydrogens (primary N) is 1. The lowest BCUT2D eigenvalue weighted by Gasteiger charge is -2.15. The summed E-state index contributed by atoms with van der Waals surface area (Å²) in [5.74, 6) is 1.24. The van der Waals surface area contributed by atoms with Gasteiger partial charge in [-0.2, -0.15) is 0 Å². The Morgan fingerprint density at radius 1 is 1.24 bits per heavy atom. The molecule has 1 rings (SSSR count). The van der Waals surface area contributed by atoms with Crippen LogP contribution < -0.4 is 15.8 Å². The molecule has 1 atom stereocenters. The van der Waals surface area contributed by atoms with Crippen LogP contribution in [-0.4, -0.2) is 18.6 Å². The van der Waals surface area contributed by atoms with Crippen LogP contribution in [0.25, 0.3) is 0 Å². The average molecular weight is 292 g/mol. The number of carbonyl (C=O) groups is 1. The monoisotopic (exact) mass is 292 g/mol. The third kappa shape index (κ3) is 6.52. The summed E-state index contributed by atoms with van der Waals surface area (Å²) in [4.78, 5) is 12.2. The van der Waals surface area contributed by atoms with Crippen LogP contribution in [0.5, 0.6) is 5.75 Å². The van der Waals surface area contributed by atoms with Gasteiger partial charge in [0, 0.05) is 23.4 Å². The fourth-order valence-electron chi connectivity index (χ4n) is 2.21. The van der Waals surface area contributed by atoms with Crippen molar-refractivity contribution in [3.05, 3.63) is 23.8 Å². The molecule has 0 aliphatic carbocycles. The van der Waals surface area contributed by atoms with Crippen LogP contribution in [0.2, 0.25) is 0 Å². The molecule has 0 saturated heterocycles. The molecule has 0 bridgehead atoms. The van der Waals surface area contributed by atoms with Crippen molar-refractivity contribution in [1.29, 1.82) is 0 Å². The van der Waals surface area contributed by atoms with Crippen molar-refractivity contribution >= 4 is 11.6 Å². The second kappa shape index (κ2) is 8.55. The lowest BCUT2D eigenvalue weighted by molar-refractivity contribution is 0.0937. The molecule has 1 unspecified atom stereocenters. The molecule has 0 aliphatic heterocycles. The van der Waals surface area contributed by atoms with E-state index in [-0.39, 0.29) is 11.9 Å². The summed E-state index contributed by atoms with van der Waals surface area (Å²) in [5.41, 5.74) is 6.90. The quantitative estimate of drug-likeness (QED) is 0.719. The van der Waals surface area contributed by atoms with E-state index < -0.39 is 0 Å². The van der Waals surface area contributed by atoms with Gasteiger partial charge in [-0.15, -0.1) is 0 Å². The van der Waals surface area contributed by atoms with Crippen molar-refractivity contribution < 1.29 is 9.53 Å². The van der Waals surface area contributed by atoms with Crippen molar-refractivity contribution in [3.8, 4) is 5.75 Å². The van der Waals surface area contributed by atoms with Gasteiger partial charge in [0.05, 0.1) is 6.61 Å². The van der Waals surface area contributed by atoms with E-state index in [0.717, 1.165) is 12.8 Å². The molecular formula is C17H28N2O2. The minimum atomic E-state index is -0.0969. The first-order valence-corrected chi connectivity index (χ1v) is 7.76. The highest BCUT2D eigenvalue weighted by molar-refractivity contribution is 5.95. The van der Waals surface area contributed by atoms with Gasteiger partial charge in [0.25, 0.3) is 5.91 Å². The van der Waals surface area contributed by atoms with E-state index in [1.165, 1.54) is 6.42 Å². The summed E-state index contributed by atoms with van der Waals surface area (Å²) in [7, 11) is 0. The Balaban J connectivity index is 2.58. The highest BCUT2D eigenvalue weighted by Gasteiger charge is 2.12. The molecule has 0 saturated carbocycles. The molecule has 3 N–H and O–H groups in total. The zero-order valence-electron chi connectivity index (χ0n) is 13.6. The molecule has 1 aromatic carbocycles. The van der Waals surface area contributed by atoms with Gasteiger partial charge in [-0.25, -0.2) is 0 Å². The van der Waals surface area contributed by atoms with Gasteiger partial charge in [-0.3, -0.25) is 4.79 Å². The number of benzene rings is 1. The van der Waals surface area contributed by atoms with Gasteiger partial charge in [0.2, 0.25) is 0 Å². The molecule has 4 nitrogen and oxygen atoms in total. The first-order chi connectivity index (χ1) is 9.92. The van der Waals surface area contributed by atoms with Crippen LogP contribution in [0.3, 0.4) is 0 Å². The molecule has 0 radical (unpaired) electrons. The van der Waals surface area contributed by atoms with E-state index in [1.54, 1.807) is 18.2 Å². The Hall–Kier alpha value is -1.71. The molecule has 0 aromatic heterocycles. The normalized spacial score (nSPS) is 12.2. The lowest BCUT2D eigenvalue weighted by Crippen LogP contribution is -2.32. The van der Waals surface area contributed by atoms with Crippen LogP contribution in [0.4, 0.5) is 5.69 Å². The topological polar surface area (TPSA) is 64.3 Å². The van der Waals surface area contributed by atoms with Gasteiger partial charge in [0.1, 0.15) is 5.75 Å². The van der Waals surface area contributed by atoms with Gasteiger partial charge >= 0.3 is 0 Å². The number of nitrogens with one attached hydrogen (secondary N) is 1. The van der Waals surface area contributed by atoms with Crippen molar-refractivity contribution in [1.82, 2.24) is 5.32 Å². The van der Waals surface area contributed by atoms with E-state index in [0.29, 0.717) is 29.5 Å². The average Bonchev–Trinajstić information content (AvgIpc) is 2.37. The minimum Gasteiger partial charge on any atom is -0.494 e. The summed E-state index contributed by atoms with van der Waals surface area (Å²) >= 11 is 0. The molecule has 0 aliphatic rings. The minimum absolute atomic E-state index is 0.0969. The Kier molecular flexibility index (Phi) is 7.06. The smallest absolute Gasteiger partial charge is 0.251 e. The van der Waals surface area contributed by atoms with Gasteiger partial charge < -0.3 is 15.8 Å². The van der Waals surface area contributed by atoms with Crippen molar-refractivity contribution in [2.24, 2.45) is 5.92 Å². The van der Waals surface area contributed by atoms with Crippen LogP contribution in [0, 0.1) is 5.92 Å². The molecule has 0 heterocycles. The third-order valence-corrected chi connectivity index (χ3v) is 3.30. The number of carbonyl (C=O) groups excluding carboxylic acids is 1. The Labute approximate surface area is 128 Å². The van der Waals surface area contributed by atoms with Gasteiger partial charge in [0.15, 0.2) is 0 Å². The highest BCUT2D eigenvalue weighted by Crippen LogP contribution is 2.19. The summed E-state index contributed by atoms with van der Waals surface area (Å²) in [6, 6.07) is 5.30. The largest absolute Gasteiger partial charge is 0.494 e. The fourth-order valence-corrected chi connectivity index (χ4v) is 2.21. The Morgan fingerprint density at radius 2 is 1.95 bits per heavy atom. The summed E-state index contributed by atoms with van der Waals surface area (Å²) in [6.07, 6.45) is 3.30. The predicted molar refractivity (Wildman–Crippen MR) is 87.6 cm³/mol. The predicted octanol–water partition coefficient (Wildman–Crippen LogP) is 3.61. The summed E-state index contributed by atoms with van der Waals surface area (Å²) < 4.78 is 5.41. The molecular weight excluding hydrogens is 264 g/mol. The van der Waals surface area contributed by atoms with E-state index in [9.17, 15) is 4.79 Å². The number of nitrogen functional groups attached to an aromatic ring is 1. The second-order valence-corrected chi connectivity index (χ2v) is 5.92. The number of anilines is 1. The number of hydrogen-bond acceptors (Lipinski definition) is 3. The summed E-state index contributed by atoms with van der Waals surface area (Å²) in [6.45, 7) is 8.92. The number of amides is 1. The second-order valence-electron chi connectivity index (χ2n) is 5.92. The SMILES string of the molecule is CCOc1cc(N)cc(C(=O)NC(C)CCCC(C)C)c1. The molecule has 1 aromatic rings. The van der Waals surface area contributed by atoms with Crippen LogP contribution in [0.1, 0.15) is 57.3 Å². The zero-order valence-corrected chi connectivity index (χ0v) is 13.6. The summed E-state index contributed by atoms with van der Waals surface area (Å²) in [5, 5.41) is 3.02. The van der Waals surface area contributed by atoms with Crippen LogP contribution >= 0.6 is 0 Å². The molecule has 118 valence electrons. The molecule has 0 fully saturated rings. The van der Waals surface area contributed by atoms with Crippen LogP contribution in [0.15, 0.2) is 18.2 Å². The standard InChI is InChI=1S/C17H28N2O2/c1-5-21-16-10-14(9-15(18)11-16)17(20)19-13(4)8-6-7-12(2)3/h9-13H,5-8,18H2,1-4H3,(H,19,20). The van der Waals surface area contributed by atoms with Crippen molar-refractivity contribution in [2.75, 3.05) is 12.3 Å². The number of rotatable bonds is 8. The molecule has 0 spiro atoms. The Morgan fingerprint density at radius 3 is 2.57 bits per heavy atom. The lowest BCUT2D eigenvalue weighted by atomic mass is 10.0. The first kappa shape index (κ1) is 17.3. The van der Waals surface area contributed by atoms with E-state index >= 15 is 0 Å². The van der Waals surface area contributed by atoms with Crippen LogP contribution in [-0.2, 0) is 0 Å². The maximum Gasteiger partial charge on any atom is 0.251 e. The highest BCUT2D eigenvalue weighted by atomic mass is 16.5. The van der Waals surface area contributed by atoms with E-state index in [4.69, 9.17) is 10.5 Å². The maximum absolute atomic E-state index is 12.2.